The summed E-state index contributed by atoms with van der Waals surface area (Å²) in [5, 5.41) is 14.3. The number of nitro benzene ring substituents is 1. The zero-order valence-corrected chi connectivity index (χ0v) is 13.8. The first-order chi connectivity index (χ1) is 9.73. The Hall–Kier alpha value is -1.62. The Bertz CT molecular complexity index is 481. The van der Waals surface area contributed by atoms with E-state index in [9.17, 15) is 10.1 Å². The lowest BCUT2D eigenvalue weighted by Crippen LogP contribution is -2.28. The number of rotatable bonds is 7. The lowest BCUT2D eigenvalue weighted by molar-refractivity contribution is -0.384. The van der Waals surface area contributed by atoms with E-state index in [4.69, 9.17) is 0 Å². The van der Waals surface area contributed by atoms with Crippen LogP contribution in [0.1, 0.15) is 39.7 Å². The predicted octanol–water partition coefficient (Wildman–Crippen LogP) is 3.89. The van der Waals surface area contributed by atoms with E-state index in [0.29, 0.717) is 12.2 Å². The second-order valence-electron chi connectivity index (χ2n) is 6.77. The Balaban J connectivity index is 2.85. The molecule has 0 aliphatic heterocycles. The molecule has 0 saturated carbocycles. The van der Waals surface area contributed by atoms with Gasteiger partial charge in [0, 0.05) is 25.7 Å². The van der Waals surface area contributed by atoms with E-state index in [0.717, 1.165) is 25.1 Å². The molecule has 0 heterocycles. The van der Waals surface area contributed by atoms with Gasteiger partial charge in [-0.3, -0.25) is 10.1 Å². The van der Waals surface area contributed by atoms with Gasteiger partial charge in [-0.2, -0.15) is 0 Å². The fourth-order valence-electron chi connectivity index (χ4n) is 2.41. The molecule has 1 rings (SSSR count). The number of nitrogens with zero attached hydrogens (tertiary/aromatic N) is 2. The summed E-state index contributed by atoms with van der Waals surface area (Å²) in [7, 11) is 2.04. The van der Waals surface area contributed by atoms with Gasteiger partial charge in [-0.15, -0.1) is 0 Å². The van der Waals surface area contributed by atoms with Gasteiger partial charge >= 0.3 is 0 Å². The highest BCUT2D eigenvalue weighted by atomic mass is 16.6. The van der Waals surface area contributed by atoms with E-state index in [-0.39, 0.29) is 16.0 Å². The molecule has 0 aliphatic rings. The van der Waals surface area contributed by atoms with E-state index in [1.165, 1.54) is 0 Å². The van der Waals surface area contributed by atoms with Crippen LogP contribution in [0, 0.1) is 15.5 Å². The van der Waals surface area contributed by atoms with Crippen LogP contribution in [0.25, 0.3) is 0 Å². The highest BCUT2D eigenvalue weighted by Gasteiger charge is 2.17. The molecule has 0 unspecified atom stereocenters. The standard InChI is InChI=1S/C16H27N3O2/c1-6-9-17-14-8-7-13(10-15(14)19(20)21)11-18(5)12-16(2,3)4/h7-8,10,17H,6,9,11-12H2,1-5H3. The number of benzene rings is 1. The van der Waals surface area contributed by atoms with E-state index in [2.05, 4.69) is 31.0 Å². The Morgan fingerprint density at radius 1 is 1.33 bits per heavy atom. The Morgan fingerprint density at radius 3 is 2.52 bits per heavy atom. The normalized spacial score (nSPS) is 11.7. The quantitative estimate of drug-likeness (QED) is 0.612. The molecule has 0 fully saturated rings. The average molecular weight is 293 g/mol. The zero-order chi connectivity index (χ0) is 16.0. The minimum Gasteiger partial charge on any atom is -0.380 e. The molecule has 0 aliphatic carbocycles. The molecule has 0 spiro atoms. The third-order valence-corrected chi connectivity index (χ3v) is 3.02. The van der Waals surface area contributed by atoms with Crippen molar-refractivity contribution in [2.45, 2.75) is 40.7 Å². The summed E-state index contributed by atoms with van der Waals surface area (Å²) in [6.45, 7) is 11.0. The predicted molar refractivity (Wildman–Crippen MR) is 87.7 cm³/mol. The van der Waals surface area contributed by atoms with Crippen molar-refractivity contribution in [3.05, 3.63) is 33.9 Å². The fourth-order valence-corrected chi connectivity index (χ4v) is 2.41. The molecule has 0 saturated heterocycles. The average Bonchev–Trinajstić information content (AvgIpc) is 2.34. The first kappa shape index (κ1) is 17.4. The number of anilines is 1. The summed E-state index contributed by atoms with van der Waals surface area (Å²) in [4.78, 5) is 13.1. The van der Waals surface area contributed by atoms with Crippen LogP contribution in [0.4, 0.5) is 11.4 Å². The van der Waals surface area contributed by atoms with E-state index < -0.39 is 0 Å². The van der Waals surface area contributed by atoms with Crippen molar-refractivity contribution in [1.82, 2.24) is 4.90 Å². The smallest absolute Gasteiger partial charge is 0.292 e. The molecular formula is C16H27N3O2. The Morgan fingerprint density at radius 2 is 2.00 bits per heavy atom. The van der Waals surface area contributed by atoms with Crippen molar-refractivity contribution in [2.75, 3.05) is 25.5 Å². The van der Waals surface area contributed by atoms with Gasteiger partial charge in [0.1, 0.15) is 5.69 Å². The molecular weight excluding hydrogens is 266 g/mol. The largest absolute Gasteiger partial charge is 0.380 e. The number of hydrogen-bond donors (Lipinski definition) is 1. The minimum absolute atomic E-state index is 0.158. The van der Waals surface area contributed by atoms with Crippen LogP contribution < -0.4 is 5.32 Å². The van der Waals surface area contributed by atoms with Crippen molar-refractivity contribution in [3.63, 3.8) is 0 Å². The molecule has 1 aromatic rings. The summed E-state index contributed by atoms with van der Waals surface area (Å²) < 4.78 is 0. The van der Waals surface area contributed by atoms with Gasteiger partial charge in [-0.25, -0.2) is 0 Å². The van der Waals surface area contributed by atoms with Crippen LogP contribution in [0.5, 0.6) is 0 Å². The van der Waals surface area contributed by atoms with Crippen LogP contribution in [0.3, 0.4) is 0 Å². The molecule has 0 atom stereocenters. The van der Waals surface area contributed by atoms with E-state index >= 15 is 0 Å². The van der Waals surface area contributed by atoms with Gasteiger partial charge in [0.25, 0.3) is 5.69 Å². The molecule has 0 aromatic heterocycles. The van der Waals surface area contributed by atoms with Crippen LogP contribution in [-0.4, -0.2) is 30.0 Å². The van der Waals surface area contributed by atoms with Gasteiger partial charge in [0.15, 0.2) is 0 Å². The van der Waals surface area contributed by atoms with Crippen molar-refractivity contribution < 1.29 is 4.92 Å². The number of nitro groups is 1. The topological polar surface area (TPSA) is 58.4 Å². The Kier molecular flexibility index (Phi) is 6.15. The monoisotopic (exact) mass is 293 g/mol. The molecule has 5 heteroatoms. The molecule has 118 valence electrons. The SMILES string of the molecule is CCCNc1ccc(CN(C)CC(C)(C)C)cc1[N+](=O)[O-]. The van der Waals surface area contributed by atoms with Crippen molar-refractivity contribution in [1.29, 1.82) is 0 Å². The third-order valence-electron chi connectivity index (χ3n) is 3.02. The summed E-state index contributed by atoms with van der Waals surface area (Å²) in [6, 6.07) is 5.45. The summed E-state index contributed by atoms with van der Waals surface area (Å²) in [6.07, 6.45) is 0.938. The number of hydrogen-bond acceptors (Lipinski definition) is 4. The maximum atomic E-state index is 11.2. The summed E-state index contributed by atoms with van der Waals surface area (Å²) >= 11 is 0. The summed E-state index contributed by atoms with van der Waals surface area (Å²) in [5.74, 6) is 0. The van der Waals surface area contributed by atoms with Gasteiger partial charge in [0.05, 0.1) is 4.92 Å². The lowest BCUT2D eigenvalue weighted by atomic mass is 9.96. The molecule has 1 aromatic carbocycles. The molecule has 0 bridgehead atoms. The van der Waals surface area contributed by atoms with Crippen molar-refractivity contribution in [2.24, 2.45) is 5.41 Å². The third kappa shape index (κ3) is 6.12. The second kappa shape index (κ2) is 7.41. The fraction of sp³-hybridized carbons (Fsp3) is 0.625. The maximum Gasteiger partial charge on any atom is 0.292 e. The molecule has 1 N–H and O–H groups in total. The van der Waals surface area contributed by atoms with E-state index in [1.807, 2.05) is 26.1 Å². The number of nitrogens with one attached hydrogen (secondary N) is 1. The van der Waals surface area contributed by atoms with Crippen molar-refractivity contribution in [3.8, 4) is 0 Å². The zero-order valence-electron chi connectivity index (χ0n) is 13.8. The van der Waals surface area contributed by atoms with Gasteiger partial charge in [-0.05, 0) is 30.5 Å². The van der Waals surface area contributed by atoms with E-state index in [1.54, 1.807) is 6.07 Å². The first-order valence-electron chi connectivity index (χ1n) is 7.42. The van der Waals surface area contributed by atoms with Crippen LogP contribution in [0.2, 0.25) is 0 Å². The van der Waals surface area contributed by atoms with Crippen LogP contribution in [-0.2, 0) is 6.54 Å². The molecule has 0 amide bonds. The second-order valence-corrected chi connectivity index (χ2v) is 6.77. The summed E-state index contributed by atoms with van der Waals surface area (Å²) in [5.41, 5.74) is 1.94. The van der Waals surface area contributed by atoms with Gasteiger partial charge < -0.3 is 10.2 Å². The van der Waals surface area contributed by atoms with Gasteiger partial charge in [0.2, 0.25) is 0 Å². The minimum atomic E-state index is -0.314. The highest BCUT2D eigenvalue weighted by molar-refractivity contribution is 5.62. The van der Waals surface area contributed by atoms with Gasteiger partial charge in [-0.1, -0.05) is 33.8 Å². The van der Waals surface area contributed by atoms with Crippen LogP contribution >= 0.6 is 0 Å². The van der Waals surface area contributed by atoms with Crippen LogP contribution in [0.15, 0.2) is 18.2 Å². The first-order valence-corrected chi connectivity index (χ1v) is 7.42. The molecule has 21 heavy (non-hydrogen) atoms. The maximum absolute atomic E-state index is 11.2. The highest BCUT2D eigenvalue weighted by Crippen LogP contribution is 2.26. The lowest BCUT2D eigenvalue weighted by Gasteiger charge is -2.26. The molecule has 5 nitrogen and oxygen atoms in total. The Labute approximate surface area is 127 Å². The molecule has 0 radical (unpaired) electrons. The van der Waals surface area contributed by atoms with Crippen molar-refractivity contribution >= 4 is 11.4 Å².